The molecule has 0 bridgehead atoms. The molecule has 0 N–H and O–H groups in total. The Morgan fingerprint density at radius 1 is 1.19 bits per heavy atom. The van der Waals surface area contributed by atoms with Crippen molar-refractivity contribution in [1.82, 2.24) is 4.98 Å². The van der Waals surface area contributed by atoms with E-state index in [0.717, 1.165) is 9.32 Å². The first-order valence-electron chi connectivity index (χ1n) is 4.57. The van der Waals surface area contributed by atoms with Crippen LogP contribution in [0.3, 0.4) is 0 Å². The number of ether oxygens (including phenoxy) is 1. The van der Waals surface area contributed by atoms with Gasteiger partial charge >= 0.3 is 0 Å². The SMILES string of the molecule is N#Cc1ccc(Oc2cccc(I)c2)cn1. The van der Waals surface area contributed by atoms with E-state index >= 15 is 0 Å². The molecule has 16 heavy (non-hydrogen) atoms. The third kappa shape index (κ3) is 2.70. The lowest BCUT2D eigenvalue weighted by Crippen LogP contribution is -1.87. The molecule has 78 valence electrons. The van der Waals surface area contributed by atoms with E-state index in [1.165, 1.54) is 0 Å². The molecule has 3 nitrogen and oxygen atoms in total. The van der Waals surface area contributed by atoms with Crippen LogP contribution in [0.4, 0.5) is 0 Å². The van der Waals surface area contributed by atoms with E-state index in [9.17, 15) is 0 Å². The maximum Gasteiger partial charge on any atom is 0.145 e. The average molecular weight is 322 g/mol. The topological polar surface area (TPSA) is 45.9 Å². The number of hydrogen-bond donors (Lipinski definition) is 0. The van der Waals surface area contributed by atoms with Crippen LogP contribution in [0, 0.1) is 14.9 Å². The number of nitrogens with zero attached hydrogens (tertiary/aromatic N) is 2. The second kappa shape index (κ2) is 4.94. The molecule has 0 saturated carbocycles. The van der Waals surface area contributed by atoms with Crippen molar-refractivity contribution in [3.63, 3.8) is 0 Å². The fraction of sp³-hybridized carbons (Fsp3) is 0. The molecule has 0 unspecified atom stereocenters. The van der Waals surface area contributed by atoms with Crippen LogP contribution in [0.5, 0.6) is 11.5 Å². The van der Waals surface area contributed by atoms with E-state index in [1.807, 2.05) is 30.3 Å². The lowest BCUT2D eigenvalue weighted by molar-refractivity contribution is 0.480. The van der Waals surface area contributed by atoms with Crippen LogP contribution in [-0.2, 0) is 0 Å². The highest BCUT2D eigenvalue weighted by Gasteiger charge is 1.98. The standard InChI is InChI=1S/C12H7IN2O/c13-9-2-1-3-11(6-9)16-12-5-4-10(7-14)15-8-12/h1-6,8H. The summed E-state index contributed by atoms with van der Waals surface area (Å²) in [4.78, 5) is 3.93. The molecule has 0 spiro atoms. The smallest absolute Gasteiger partial charge is 0.145 e. The zero-order valence-electron chi connectivity index (χ0n) is 8.22. The molecular formula is C12H7IN2O. The van der Waals surface area contributed by atoms with Crippen molar-refractivity contribution in [1.29, 1.82) is 5.26 Å². The molecule has 0 fully saturated rings. The summed E-state index contributed by atoms with van der Waals surface area (Å²) in [5.41, 5.74) is 0.384. The van der Waals surface area contributed by atoms with Crippen molar-refractivity contribution in [2.45, 2.75) is 0 Å². The largest absolute Gasteiger partial charge is 0.456 e. The summed E-state index contributed by atoms with van der Waals surface area (Å²) >= 11 is 2.22. The Balaban J connectivity index is 2.18. The molecule has 0 atom stereocenters. The van der Waals surface area contributed by atoms with Gasteiger partial charge in [-0.3, -0.25) is 0 Å². The zero-order chi connectivity index (χ0) is 11.4. The predicted octanol–water partition coefficient (Wildman–Crippen LogP) is 3.35. The molecule has 0 aliphatic heterocycles. The second-order valence-corrected chi connectivity index (χ2v) is 4.30. The maximum atomic E-state index is 8.60. The molecule has 0 radical (unpaired) electrons. The van der Waals surface area contributed by atoms with Crippen molar-refractivity contribution in [2.75, 3.05) is 0 Å². The molecule has 0 aliphatic carbocycles. The van der Waals surface area contributed by atoms with Gasteiger partial charge in [0.15, 0.2) is 0 Å². The summed E-state index contributed by atoms with van der Waals surface area (Å²) in [6.07, 6.45) is 1.54. The van der Waals surface area contributed by atoms with E-state index in [2.05, 4.69) is 27.6 Å². The molecule has 2 rings (SSSR count). The number of aromatic nitrogens is 1. The molecule has 1 aromatic carbocycles. The van der Waals surface area contributed by atoms with Crippen molar-refractivity contribution in [3.8, 4) is 17.6 Å². The van der Waals surface area contributed by atoms with Gasteiger partial charge < -0.3 is 4.74 Å². The number of hydrogen-bond acceptors (Lipinski definition) is 3. The van der Waals surface area contributed by atoms with Gasteiger partial charge in [0, 0.05) is 3.57 Å². The van der Waals surface area contributed by atoms with Crippen molar-refractivity contribution >= 4 is 22.6 Å². The van der Waals surface area contributed by atoms with E-state index < -0.39 is 0 Å². The van der Waals surface area contributed by atoms with Crippen LogP contribution < -0.4 is 4.74 Å². The number of nitriles is 1. The Hall–Kier alpha value is -1.61. The Bertz CT molecular complexity index is 531. The first-order chi connectivity index (χ1) is 7.78. The fourth-order valence-corrected chi connectivity index (χ4v) is 1.69. The quantitative estimate of drug-likeness (QED) is 0.797. The molecule has 0 saturated heterocycles. The van der Waals surface area contributed by atoms with Crippen LogP contribution in [0.25, 0.3) is 0 Å². The summed E-state index contributed by atoms with van der Waals surface area (Å²) in [6, 6.07) is 13.0. The maximum absolute atomic E-state index is 8.60. The van der Waals surface area contributed by atoms with Crippen LogP contribution in [0.1, 0.15) is 5.69 Å². The third-order valence-corrected chi connectivity index (χ3v) is 2.55. The second-order valence-electron chi connectivity index (χ2n) is 3.05. The number of pyridine rings is 1. The van der Waals surface area contributed by atoms with Gasteiger partial charge in [-0.15, -0.1) is 0 Å². The summed E-state index contributed by atoms with van der Waals surface area (Å²) in [6.45, 7) is 0. The van der Waals surface area contributed by atoms with Gasteiger partial charge in [-0.05, 0) is 52.9 Å². The predicted molar refractivity (Wildman–Crippen MR) is 68.2 cm³/mol. The molecular weight excluding hydrogens is 315 g/mol. The molecule has 1 heterocycles. The molecule has 4 heteroatoms. The number of rotatable bonds is 2. The Labute approximate surface area is 107 Å². The number of benzene rings is 1. The third-order valence-electron chi connectivity index (χ3n) is 1.88. The van der Waals surface area contributed by atoms with Gasteiger partial charge in [-0.1, -0.05) is 6.07 Å². The van der Waals surface area contributed by atoms with Gasteiger partial charge in [-0.2, -0.15) is 5.26 Å². The Kier molecular flexibility index (Phi) is 3.37. The summed E-state index contributed by atoms with van der Waals surface area (Å²) in [5, 5.41) is 8.60. The highest BCUT2D eigenvalue weighted by molar-refractivity contribution is 14.1. The van der Waals surface area contributed by atoms with Crippen molar-refractivity contribution in [2.24, 2.45) is 0 Å². The molecule has 0 aliphatic rings. The van der Waals surface area contributed by atoms with Crippen molar-refractivity contribution < 1.29 is 4.74 Å². The van der Waals surface area contributed by atoms with Gasteiger partial charge in [0.05, 0.1) is 6.20 Å². The van der Waals surface area contributed by atoms with Gasteiger partial charge in [0.1, 0.15) is 23.3 Å². The van der Waals surface area contributed by atoms with E-state index in [0.29, 0.717) is 11.4 Å². The minimum absolute atomic E-state index is 0.384. The lowest BCUT2D eigenvalue weighted by atomic mass is 10.3. The van der Waals surface area contributed by atoms with Gasteiger partial charge in [-0.25, -0.2) is 4.98 Å². The summed E-state index contributed by atoms with van der Waals surface area (Å²) < 4.78 is 6.69. The summed E-state index contributed by atoms with van der Waals surface area (Å²) in [5.74, 6) is 1.39. The fourth-order valence-electron chi connectivity index (χ4n) is 1.17. The lowest BCUT2D eigenvalue weighted by Gasteiger charge is -2.04. The van der Waals surface area contributed by atoms with E-state index in [1.54, 1.807) is 18.3 Å². The monoisotopic (exact) mass is 322 g/mol. The highest BCUT2D eigenvalue weighted by atomic mass is 127. The normalized spacial score (nSPS) is 9.50. The average Bonchev–Trinajstić information content (AvgIpc) is 2.30. The summed E-state index contributed by atoms with van der Waals surface area (Å²) in [7, 11) is 0. The number of halogens is 1. The van der Waals surface area contributed by atoms with Gasteiger partial charge in [0.2, 0.25) is 0 Å². The zero-order valence-corrected chi connectivity index (χ0v) is 10.4. The van der Waals surface area contributed by atoms with Gasteiger partial charge in [0.25, 0.3) is 0 Å². The Morgan fingerprint density at radius 2 is 2.06 bits per heavy atom. The van der Waals surface area contributed by atoms with E-state index in [4.69, 9.17) is 10.00 Å². The molecule has 0 amide bonds. The van der Waals surface area contributed by atoms with Crippen LogP contribution in [-0.4, -0.2) is 4.98 Å². The van der Waals surface area contributed by atoms with Crippen molar-refractivity contribution in [3.05, 3.63) is 51.9 Å². The molecule has 1 aromatic heterocycles. The first-order valence-corrected chi connectivity index (χ1v) is 5.65. The minimum Gasteiger partial charge on any atom is -0.456 e. The van der Waals surface area contributed by atoms with Crippen LogP contribution >= 0.6 is 22.6 Å². The van der Waals surface area contributed by atoms with E-state index in [-0.39, 0.29) is 0 Å². The molecule has 2 aromatic rings. The minimum atomic E-state index is 0.384. The highest BCUT2D eigenvalue weighted by Crippen LogP contribution is 2.22. The van der Waals surface area contributed by atoms with Crippen LogP contribution in [0.2, 0.25) is 0 Å². The van der Waals surface area contributed by atoms with Crippen LogP contribution in [0.15, 0.2) is 42.6 Å². The first kappa shape index (κ1) is 10.9. The Morgan fingerprint density at radius 3 is 2.69 bits per heavy atom.